The second-order valence-corrected chi connectivity index (χ2v) is 8.25. The van der Waals surface area contributed by atoms with Crippen molar-refractivity contribution in [2.75, 3.05) is 7.05 Å². The van der Waals surface area contributed by atoms with Crippen LogP contribution in [0.3, 0.4) is 0 Å². The summed E-state index contributed by atoms with van der Waals surface area (Å²) in [6.07, 6.45) is 0. The first kappa shape index (κ1) is 18.2. The molecule has 0 bridgehead atoms. The van der Waals surface area contributed by atoms with Crippen LogP contribution in [-0.2, 0) is 16.8 Å². The fraction of sp³-hybridized carbons (Fsp3) is 0.526. The predicted molar refractivity (Wildman–Crippen MR) is 94.4 cm³/mol. The van der Waals surface area contributed by atoms with Crippen molar-refractivity contribution < 1.29 is 9.32 Å². The highest BCUT2D eigenvalue weighted by Crippen LogP contribution is 2.25. The first-order chi connectivity index (χ1) is 11.0. The van der Waals surface area contributed by atoms with E-state index in [-0.39, 0.29) is 11.3 Å². The topological polar surface area (TPSA) is 59.2 Å². The van der Waals surface area contributed by atoms with Gasteiger partial charge in [0.2, 0.25) is 17.6 Å². The Morgan fingerprint density at radius 2 is 1.67 bits per heavy atom. The maximum Gasteiger partial charge on any atom is 0.246 e. The van der Waals surface area contributed by atoms with Crippen LogP contribution in [-0.4, -0.2) is 28.0 Å². The summed E-state index contributed by atoms with van der Waals surface area (Å²) in [5.74, 6) is 1.02. The summed E-state index contributed by atoms with van der Waals surface area (Å²) in [5, 5.41) is 4.03. The molecule has 0 aliphatic carbocycles. The number of hydrogen-bond donors (Lipinski definition) is 0. The average Bonchev–Trinajstić information content (AvgIpc) is 2.93. The third-order valence-corrected chi connectivity index (χ3v) is 3.84. The zero-order chi connectivity index (χ0) is 18.1. The SMILES string of the molecule is CN(Cc1nc(-c2ccc(C(C)(C)C)cc2)no1)C(=O)C(C)(C)C. The first-order valence-corrected chi connectivity index (χ1v) is 8.17. The molecule has 5 nitrogen and oxygen atoms in total. The van der Waals surface area contributed by atoms with E-state index in [2.05, 4.69) is 43.0 Å². The molecule has 1 heterocycles. The van der Waals surface area contributed by atoms with Gasteiger partial charge >= 0.3 is 0 Å². The van der Waals surface area contributed by atoms with Crippen LogP contribution in [0, 0.1) is 5.41 Å². The van der Waals surface area contributed by atoms with Crippen LogP contribution in [0.1, 0.15) is 53.0 Å². The molecule has 130 valence electrons. The molecule has 0 saturated carbocycles. The number of carbonyl (C=O) groups excluding carboxylic acids is 1. The number of benzene rings is 1. The fourth-order valence-corrected chi connectivity index (χ4v) is 2.40. The van der Waals surface area contributed by atoms with Crippen molar-refractivity contribution in [3.05, 3.63) is 35.7 Å². The molecular formula is C19H27N3O2. The fourth-order valence-electron chi connectivity index (χ4n) is 2.40. The molecule has 0 aliphatic heterocycles. The van der Waals surface area contributed by atoms with E-state index in [4.69, 9.17) is 4.52 Å². The van der Waals surface area contributed by atoms with Crippen LogP contribution in [0.5, 0.6) is 0 Å². The molecule has 2 aromatic rings. The molecule has 0 radical (unpaired) electrons. The standard InChI is InChI=1S/C19H27N3O2/c1-18(2,3)14-10-8-13(9-11-14)16-20-15(24-21-16)12-22(7)17(23)19(4,5)6/h8-11H,12H2,1-7H3. The molecule has 5 heteroatoms. The number of carbonyl (C=O) groups is 1. The number of amides is 1. The zero-order valence-corrected chi connectivity index (χ0v) is 15.7. The lowest BCUT2D eigenvalue weighted by molar-refractivity contribution is -0.138. The molecule has 24 heavy (non-hydrogen) atoms. The zero-order valence-electron chi connectivity index (χ0n) is 15.7. The van der Waals surface area contributed by atoms with Crippen LogP contribution in [0.4, 0.5) is 0 Å². The molecule has 0 aliphatic rings. The Morgan fingerprint density at radius 3 is 2.17 bits per heavy atom. The molecule has 0 spiro atoms. The molecule has 1 aromatic carbocycles. The van der Waals surface area contributed by atoms with E-state index in [0.717, 1.165) is 5.56 Å². The van der Waals surface area contributed by atoms with Crippen molar-refractivity contribution in [1.29, 1.82) is 0 Å². The summed E-state index contributed by atoms with van der Waals surface area (Å²) < 4.78 is 5.30. The van der Waals surface area contributed by atoms with Gasteiger partial charge in [0.25, 0.3) is 0 Å². The first-order valence-electron chi connectivity index (χ1n) is 8.17. The second kappa shape index (κ2) is 6.38. The largest absolute Gasteiger partial charge is 0.337 e. The molecule has 2 rings (SSSR count). The highest BCUT2D eigenvalue weighted by atomic mass is 16.5. The summed E-state index contributed by atoms with van der Waals surface area (Å²) in [6, 6.07) is 8.17. The van der Waals surface area contributed by atoms with Gasteiger partial charge in [-0.1, -0.05) is 71.0 Å². The van der Waals surface area contributed by atoms with Gasteiger partial charge in [-0.3, -0.25) is 4.79 Å². The molecule has 0 unspecified atom stereocenters. The van der Waals surface area contributed by atoms with Gasteiger partial charge in [0, 0.05) is 18.0 Å². The third kappa shape index (κ3) is 4.22. The predicted octanol–water partition coefficient (Wildman–Crippen LogP) is 4.04. The van der Waals surface area contributed by atoms with Crippen molar-refractivity contribution in [2.24, 2.45) is 5.41 Å². The minimum absolute atomic E-state index is 0.0387. The lowest BCUT2D eigenvalue weighted by Gasteiger charge is -2.24. The Morgan fingerprint density at radius 1 is 1.08 bits per heavy atom. The average molecular weight is 329 g/mol. The van der Waals surface area contributed by atoms with Crippen molar-refractivity contribution >= 4 is 5.91 Å². The molecule has 0 N–H and O–H groups in total. The minimum Gasteiger partial charge on any atom is -0.337 e. The number of nitrogens with zero attached hydrogens (tertiary/aromatic N) is 3. The highest BCUT2D eigenvalue weighted by Gasteiger charge is 2.26. The number of aromatic nitrogens is 2. The minimum atomic E-state index is -0.430. The number of hydrogen-bond acceptors (Lipinski definition) is 4. The van der Waals surface area contributed by atoms with E-state index in [1.54, 1.807) is 11.9 Å². The molecule has 1 aromatic heterocycles. The monoisotopic (exact) mass is 329 g/mol. The van der Waals surface area contributed by atoms with Crippen molar-refractivity contribution in [2.45, 2.75) is 53.5 Å². The normalized spacial score (nSPS) is 12.3. The molecule has 0 atom stereocenters. The van der Waals surface area contributed by atoms with E-state index < -0.39 is 5.41 Å². The second-order valence-electron chi connectivity index (χ2n) is 8.25. The van der Waals surface area contributed by atoms with Crippen LogP contribution >= 0.6 is 0 Å². The summed E-state index contributed by atoms with van der Waals surface area (Å²) in [5.41, 5.74) is 1.84. The van der Waals surface area contributed by atoms with Gasteiger partial charge in [0.15, 0.2) is 0 Å². The maximum absolute atomic E-state index is 12.2. The van der Waals surface area contributed by atoms with Crippen molar-refractivity contribution in [3.8, 4) is 11.4 Å². The van der Waals surface area contributed by atoms with Gasteiger partial charge in [-0.25, -0.2) is 0 Å². The van der Waals surface area contributed by atoms with Crippen molar-refractivity contribution in [3.63, 3.8) is 0 Å². The summed E-state index contributed by atoms with van der Waals surface area (Å²) in [7, 11) is 1.75. The van der Waals surface area contributed by atoms with Gasteiger partial charge in [-0.05, 0) is 11.0 Å². The summed E-state index contributed by atoms with van der Waals surface area (Å²) >= 11 is 0. The van der Waals surface area contributed by atoms with E-state index in [0.29, 0.717) is 18.3 Å². The van der Waals surface area contributed by atoms with Crippen LogP contribution < -0.4 is 0 Å². The lowest BCUT2D eigenvalue weighted by atomic mass is 9.87. The highest BCUT2D eigenvalue weighted by molar-refractivity contribution is 5.81. The molecule has 0 saturated heterocycles. The van der Waals surface area contributed by atoms with Crippen molar-refractivity contribution in [1.82, 2.24) is 15.0 Å². The van der Waals surface area contributed by atoms with Gasteiger partial charge < -0.3 is 9.42 Å². The van der Waals surface area contributed by atoms with Gasteiger partial charge in [0.05, 0.1) is 6.54 Å². The Balaban J connectivity index is 2.12. The van der Waals surface area contributed by atoms with Crippen LogP contribution in [0.25, 0.3) is 11.4 Å². The van der Waals surface area contributed by atoms with E-state index in [9.17, 15) is 4.79 Å². The Labute approximate surface area is 144 Å². The number of rotatable bonds is 3. The lowest BCUT2D eigenvalue weighted by Crippen LogP contribution is -2.36. The van der Waals surface area contributed by atoms with E-state index in [1.165, 1.54) is 5.56 Å². The Kier molecular flexibility index (Phi) is 4.83. The molecular weight excluding hydrogens is 302 g/mol. The van der Waals surface area contributed by atoms with E-state index in [1.807, 2.05) is 32.9 Å². The Bertz CT molecular complexity index is 703. The van der Waals surface area contributed by atoms with E-state index >= 15 is 0 Å². The molecule has 0 fully saturated rings. The third-order valence-electron chi connectivity index (χ3n) is 3.84. The quantitative estimate of drug-likeness (QED) is 0.853. The van der Waals surface area contributed by atoms with Gasteiger partial charge in [-0.2, -0.15) is 4.98 Å². The smallest absolute Gasteiger partial charge is 0.246 e. The Hall–Kier alpha value is -2.17. The molecule has 1 amide bonds. The van der Waals surface area contributed by atoms with Crippen LogP contribution in [0.2, 0.25) is 0 Å². The maximum atomic E-state index is 12.2. The van der Waals surface area contributed by atoms with Gasteiger partial charge in [-0.15, -0.1) is 0 Å². The summed E-state index contributed by atoms with van der Waals surface area (Å²) in [6.45, 7) is 12.5. The summed E-state index contributed by atoms with van der Waals surface area (Å²) in [4.78, 5) is 18.2. The van der Waals surface area contributed by atoms with Gasteiger partial charge in [0.1, 0.15) is 0 Å². The van der Waals surface area contributed by atoms with Crippen LogP contribution in [0.15, 0.2) is 28.8 Å².